The van der Waals surface area contributed by atoms with E-state index in [2.05, 4.69) is 24.0 Å². The summed E-state index contributed by atoms with van der Waals surface area (Å²) >= 11 is 1.66. The highest BCUT2D eigenvalue weighted by atomic mass is 32.1. The maximum atomic E-state index is 12.9. The van der Waals surface area contributed by atoms with Crippen LogP contribution in [0, 0.1) is 13.8 Å². The summed E-state index contributed by atoms with van der Waals surface area (Å²) in [7, 11) is 5.78. The van der Waals surface area contributed by atoms with Gasteiger partial charge in [0.1, 0.15) is 6.04 Å². The summed E-state index contributed by atoms with van der Waals surface area (Å²) in [5.41, 5.74) is 5.14. The zero-order valence-corrected chi connectivity index (χ0v) is 15.4. The number of amides is 1. The summed E-state index contributed by atoms with van der Waals surface area (Å²) in [5.74, 6) is 0.128. The second kappa shape index (κ2) is 7.70. The molecule has 0 aliphatic heterocycles. The lowest BCUT2D eigenvalue weighted by Crippen LogP contribution is -2.39. The van der Waals surface area contributed by atoms with Crippen LogP contribution in [-0.4, -0.2) is 48.4 Å². The Morgan fingerprint density at radius 1 is 1.26 bits per heavy atom. The molecule has 1 atom stereocenters. The average Bonchev–Trinajstić information content (AvgIpc) is 2.90. The summed E-state index contributed by atoms with van der Waals surface area (Å²) in [4.78, 5) is 22.2. The minimum absolute atomic E-state index is 0.128. The summed E-state index contributed by atoms with van der Waals surface area (Å²) in [6.07, 6.45) is 0.854. The van der Waals surface area contributed by atoms with Gasteiger partial charge in [0.05, 0.1) is 11.2 Å². The number of benzene rings is 1. The molecule has 0 unspecified atom stereocenters. The van der Waals surface area contributed by atoms with E-state index in [1.165, 1.54) is 10.4 Å². The second-order valence-corrected chi connectivity index (χ2v) is 7.09. The van der Waals surface area contributed by atoms with Gasteiger partial charge in [0.25, 0.3) is 0 Å². The van der Waals surface area contributed by atoms with Gasteiger partial charge in [-0.2, -0.15) is 0 Å². The van der Waals surface area contributed by atoms with E-state index >= 15 is 0 Å². The van der Waals surface area contributed by atoms with E-state index in [0.717, 1.165) is 17.7 Å². The number of thiazole rings is 1. The Kier molecular flexibility index (Phi) is 5.91. The minimum Gasteiger partial charge on any atom is -0.344 e. The molecule has 4 nitrogen and oxygen atoms in total. The lowest BCUT2D eigenvalue weighted by Gasteiger charge is -2.29. The van der Waals surface area contributed by atoms with Crippen molar-refractivity contribution in [3.8, 4) is 0 Å². The first-order valence-electron chi connectivity index (χ1n) is 7.77. The van der Waals surface area contributed by atoms with Crippen LogP contribution in [0.3, 0.4) is 0 Å². The molecule has 0 aliphatic rings. The second-order valence-electron chi connectivity index (χ2n) is 6.15. The molecule has 1 heterocycles. The number of hydrogen-bond acceptors (Lipinski definition) is 4. The molecule has 1 aromatic carbocycles. The van der Waals surface area contributed by atoms with Gasteiger partial charge in [-0.3, -0.25) is 9.69 Å². The molecule has 0 saturated carbocycles. The van der Waals surface area contributed by atoms with Crippen LogP contribution in [0.25, 0.3) is 0 Å². The van der Waals surface area contributed by atoms with Gasteiger partial charge in [0, 0.05) is 24.9 Å². The van der Waals surface area contributed by atoms with Gasteiger partial charge < -0.3 is 4.90 Å². The van der Waals surface area contributed by atoms with Crippen LogP contribution in [0.15, 0.2) is 29.8 Å². The fourth-order valence-electron chi connectivity index (χ4n) is 2.66. The summed E-state index contributed by atoms with van der Waals surface area (Å²) in [5, 5.41) is 0. The Morgan fingerprint density at radius 3 is 2.57 bits per heavy atom. The van der Waals surface area contributed by atoms with Crippen molar-refractivity contribution in [2.24, 2.45) is 0 Å². The van der Waals surface area contributed by atoms with Crippen LogP contribution in [0.5, 0.6) is 0 Å². The molecule has 2 rings (SSSR count). The molecular weight excluding hydrogens is 306 g/mol. The van der Waals surface area contributed by atoms with E-state index in [-0.39, 0.29) is 11.9 Å². The SMILES string of the molecule is Cc1cccc([C@@H](C(=O)N(C)CCc2scnc2C)N(C)C)c1. The highest BCUT2D eigenvalue weighted by Gasteiger charge is 2.26. The number of carbonyl (C=O) groups is 1. The van der Waals surface area contributed by atoms with Crippen LogP contribution in [0.2, 0.25) is 0 Å². The van der Waals surface area contributed by atoms with E-state index in [1.54, 1.807) is 11.3 Å². The molecule has 2 aromatic rings. The third-order valence-corrected chi connectivity index (χ3v) is 5.00. The van der Waals surface area contributed by atoms with Gasteiger partial charge in [-0.25, -0.2) is 4.98 Å². The molecule has 124 valence electrons. The van der Waals surface area contributed by atoms with E-state index in [9.17, 15) is 4.79 Å². The molecule has 23 heavy (non-hydrogen) atoms. The number of aryl methyl sites for hydroxylation is 2. The Labute approximate surface area is 142 Å². The van der Waals surface area contributed by atoms with Crippen molar-refractivity contribution in [1.29, 1.82) is 0 Å². The van der Waals surface area contributed by atoms with Gasteiger partial charge in [-0.15, -0.1) is 11.3 Å². The van der Waals surface area contributed by atoms with Gasteiger partial charge in [-0.05, 0) is 33.5 Å². The first kappa shape index (κ1) is 17.6. The predicted octanol–water partition coefficient (Wildman–Crippen LogP) is 3.06. The number of likely N-dealkylation sites (N-methyl/N-ethyl adjacent to an activating group) is 2. The quantitative estimate of drug-likeness (QED) is 0.816. The molecule has 1 amide bonds. The largest absolute Gasteiger partial charge is 0.344 e. The maximum Gasteiger partial charge on any atom is 0.244 e. The number of aromatic nitrogens is 1. The van der Waals surface area contributed by atoms with Crippen LogP contribution < -0.4 is 0 Å². The van der Waals surface area contributed by atoms with Gasteiger partial charge in [-0.1, -0.05) is 29.8 Å². The lowest BCUT2D eigenvalue weighted by molar-refractivity contribution is -0.135. The average molecular weight is 331 g/mol. The molecule has 0 bridgehead atoms. The predicted molar refractivity (Wildman–Crippen MR) is 95.8 cm³/mol. The fraction of sp³-hybridized carbons (Fsp3) is 0.444. The summed E-state index contributed by atoms with van der Waals surface area (Å²) in [6, 6.07) is 7.93. The molecule has 5 heteroatoms. The van der Waals surface area contributed by atoms with E-state index in [0.29, 0.717) is 6.54 Å². The van der Waals surface area contributed by atoms with Crippen molar-refractivity contribution < 1.29 is 4.79 Å². The maximum absolute atomic E-state index is 12.9. The molecule has 0 radical (unpaired) electrons. The van der Waals surface area contributed by atoms with Crippen LogP contribution >= 0.6 is 11.3 Å². The zero-order valence-electron chi connectivity index (χ0n) is 14.5. The highest BCUT2D eigenvalue weighted by molar-refractivity contribution is 7.09. The van der Waals surface area contributed by atoms with Gasteiger partial charge in [0.15, 0.2) is 0 Å². The Morgan fingerprint density at radius 2 is 2.00 bits per heavy atom. The third kappa shape index (κ3) is 4.39. The molecule has 0 N–H and O–H groups in total. The molecular formula is C18H25N3OS. The topological polar surface area (TPSA) is 36.4 Å². The Bertz CT molecular complexity index is 666. The van der Waals surface area contributed by atoms with Crippen LogP contribution in [-0.2, 0) is 11.2 Å². The van der Waals surface area contributed by atoms with Crippen molar-refractivity contribution in [3.63, 3.8) is 0 Å². The lowest BCUT2D eigenvalue weighted by atomic mass is 10.0. The van der Waals surface area contributed by atoms with Crippen molar-refractivity contribution >= 4 is 17.2 Å². The van der Waals surface area contributed by atoms with Gasteiger partial charge >= 0.3 is 0 Å². The first-order valence-corrected chi connectivity index (χ1v) is 8.65. The number of carbonyl (C=O) groups excluding carboxylic acids is 1. The van der Waals surface area contributed by atoms with Gasteiger partial charge in [0.2, 0.25) is 5.91 Å². The smallest absolute Gasteiger partial charge is 0.244 e. The fourth-order valence-corrected chi connectivity index (χ4v) is 3.43. The van der Waals surface area contributed by atoms with Crippen molar-refractivity contribution in [2.45, 2.75) is 26.3 Å². The van der Waals surface area contributed by atoms with Crippen molar-refractivity contribution in [2.75, 3.05) is 27.7 Å². The van der Waals surface area contributed by atoms with Crippen LogP contribution in [0.4, 0.5) is 0 Å². The van der Waals surface area contributed by atoms with Crippen molar-refractivity contribution in [1.82, 2.24) is 14.8 Å². The van der Waals surface area contributed by atoms with E-state index < -0.39 is 0 Å². The minimum atomic E-state index is -0.248. The number of nitrogens with zero attached hydrogens (tertiary/aromatic N) is 3. The van der Waals surface area contributed by atoms with Crippen LogP contribution in [0.1, 0.15) is 27.7 Å². The first-order chi connectivity index (χ1) is 10.9. The standard InChI is InChI=1S/C18H25N3OS/c1-13-7-6-8-15(11-13)17(20(3)4)18(22)21(5)10-9-16-14(2)19-12-23-16/h6-8,11-12,17H,9-10H2,1-5H3/t17-/m0/s1. The molecule has 0 fully saturated rings. The van der Waals surface area contributed by atoms with E-state index in [1.807, 2.05) is 55.5 Å². The Balaban J connectivity index is 2.09. The molecule has 1 aromatic heterocycles. The molecule has 0 saturated heterocycles. The number of rotatable bonds is 6. The monoisotopic (exact) mass is 331 g/mol. The van der Waals surface area contributed by atoms with Crippen molar-refractivity contribution in [3.05, 3.63) is 51.5 Å². The zero-order chi connectivity index (χ0) is 17.0. The Hall–Kier alpha value is -1.72. The number of hydrogen-bond donors (Lipinski definition) is 0. The summed E-state index contributed by atoms with van der Waals surface area (Å²) < 4.78 is 0. The molecule has 0 aliphatic carbocycles. The highest BCUT2D eigenvalue weighted by Crippen LogP contribution is 2.22. The van der Waals surface area contributed by atoms with E-state index in [4.69, 9.17) is 0 Å². The third-order valence-electron chi connectivity index (χ3n) is 4.00. The summed E-state index contributed by atoms with van der Waals surface area (Å²) in [6.45, 7) is 4.78. The normalized spacial score (nSPS) is 12.4. The molecule has 0 spiro atoms.